The number of benzene rings is 1. The normalized spacial score (nSPS) is 14.6. The molecule has 0 unspecified atom stereocenters. The van der Waals surface area contributed by atoms with Crippen molar-refractivity contribution in [2.24, 2.45) is 5.11 Å². The highest BCUT2D eigenvalue weighted by atomic mass is 16.5. The minimum atomic E-state index is 0.108. The van der Waals surface area contributed by atoms with Gasteiger partial charge in [-0.25, -0.2) is 9.97 Å². The van der Waals surface area contributed by atoms with Gasteiger partial charge in [-0.1, -0.05) is 23.3 Å². The SMILES string of the molecule is Cc1[nH]c(C=C2C=COC(N=[N])=C2c2cncnc2)c(C)c1CCNc1ccccc1. The van der Waals surface area contributed by atoms with Crippen LogP contribution >= 0.6 is 0 Å². The van der Waals surface area contributed by atoms with Crippen molar-refractivity contribution < 1.29 is 4.74 Å². The monoisotopic (exact) mass is 411 g/mol. The summed E-state index contributed by atoms with van der Waals surface area (Å²) in [5, 5.41) is 6.76. The lowest BCUT2D eigenvalue weighted by Gasteiger charge is -2.15. The van der Waals surface area contributed by atoms with Crippen LogP contribution < -0.4 is 10.8 Å². The second-order valence-electron chi connectivity index (χ2n) is 7.24. The quantitative estimate of drug-likeness (QED) is 0.554. The third-order valence-corrected chi connectivity index (χ3v) is 5.28. The van der Waals surface area contributed by atoms with Crippen LogP contribution in [0.25, 0.3) is 11.6 Å². The summed E-state index contributed by atoms with van der Waals surface area (Å²) in [6.45, 7) is 5.04. The average Bonchev–Trinajstić information content (AvgIpc) is 3.07. The van der Waals surface area contributed by atoms with Crippen LogP contribution in [0.3, 0.4) is 0 Å². The van der Waals surface area contributed by atoms with E-state index in [2.05, 4.69) is 51.4 Å². The molecule has 1 aliphatic rings. The van der Waals surface area contributed by atoms with Crippen LogP contribution in [-0.4, -0.2) is 21.5 Å². The highest BCUT2D eigenvalue weighted by Gasteiger charge is 2.20. The largest absolute Gasteiger partial charge is 0.445 e. The zero-order chi connectivity index (χ0) is 21.6. The van der Waals surface area contributed by atoms with E-state index in [9.17, 15) is 5.53 Å². The summed E-state index contributed by atoms with van der Waals surface area (Å²) in [5.41, 5.74) is 17.3. The predicted octanol–water partition coefficient (Wildman–Crippen LogP) is 4.62. The van der Waals surface area contributed by atoms with Crippen LogP contribution in [0.2, 0.25) is 0 Å². The molecule has 155 valence electrons. The lowest BCUT2D eigenvalue weighted by Crippen LogP contribution is -2.05. The van der Waals surface area contributed by atoms with Crippen molar-refractivity contribution in [3.05, 3.63) is 101 Å². The van der Waals surface area contributed by atoms with Crippen LogP contribution in [0.15, 0.2) is 78.0 Å². The van der Waals surface area contributed by atoms with Crippen molar-refractivity contribution in [1.29, 1.82) is 0 Å². The summed E-state index contributed by atoms with van der Waals surface area (Å²) in [7, 11) is 0. The van der Waals surface area contributed by atoms with E-state index in [1.807, 2.05) is 30.4 Å². The molecule has 0 amide bonds. The Labute approximate surface area is 181 Å². The van der Waals surface area contributed by atoms with E-state index < -0.39 is 0 Å². The number of aromatic nitrogens is 3. The molecule has 7 heteroatoms. The minimum Gasteiger partial charge on any atom is -0.445 e. The van der Waals surface area contributed by atoms with Gasteiger partial charge in [-0.05, 0) is 66.8 Å². The van der Waals surface area contributed by atoms with Crippen molar-refractivity contribution in [3.8, 4) is 0 Å². The lowest BCUT2D eigenvalue weighted by molar-refractivity contribution is 0.341. The van der Waals surface area contributed by atoms with E-state index in [1.165, 1.54) is 23.7 Å². The van der Waals surface area contributed by atoms with Crippen LogP contribution in [0, 0.1) is 13.8 Å². The second-order valence-corrected chi connectivity index (χ2v) is 7.24. The molecular weight excluding hydrogens is 388 g/mol. The number of aromatic amines is 1. The summed E-state index contributed by atoms with van der Waals surface area (Å²) in [4.78, 5) is 11.6. The number of allylic oxidation sites excluding steroid dienone is 3. The van der Waals surface area contributed by atoms with Crippen LogP contribution in [0.1, 0.15) is 28.1 Å². The Balaban J connectivity index is 1.61. The zero-order valence-corrected chi connectivity index (χ0v) is 17.5. The molecule has 0 fully saturated rings. The Kier molecular flexibility index (Phi) is 6.03. The number of aryl methyl sites for hydroxylation is 1. The molecule has 1 aliphatic heterocycles. The van der Waals surface area contributed by atoms with Gasteiger partial charge >= 0.3 is 0 Å². The molecule has 0 spiro atoms. The summed E-state index contributed by atoms with van der Waals surface area (Å²) >= 11 is 0. The number of hydrogen-bond donors (Lipinski definition) is 2. The Morgan fingerprint density at radius 3 is 2.68 bits per heavy atom. The highest BCUT2D eigenvalue weighted by Crippen LogP contribution is 2.33. The molecule has 1 aromatic carbocycles. The Bertz CT molecular complexity index is 1160. The fourth-order valence-electron chi connectivity index (χ4n) is 3.73. The Hall–Kier alpha value is -4.00. The lowest BCUT2D eigenvalue weighted by atomic mass is 9.97. The smallest absolute Gasteiger partial charge is 0.248 e. The molecule has 1 radical (unpaired) electrons. The molecule has 3 aromatic rings. The molecule has 0 aliphatic carbocycles. The molecule has 2 N–H and O–H groups in total. The van der Waals surface area contributed by atoms with Crippen molar-refractivity contribution >= 4 is 17.3 Å². The molecule has 0 saturated carbocycles. The molecule has 2 aromatic heterocycles. The Morgan fingerprint density at radius 2 is 1.94 bits per heavy atom. The van der Waals surface area contributed by atoms with E-state index in [-0.39, 0.29) is 5.88 Å². The maximum absolute atomic E-state index is 9.43. The molecule has 0 atom stereocenters. The molecule has 7 nitrogen and oxygen atoms in total. The van der Waals surface area contributed by atoms with Gasteiger partial charge in [0.05, 0.1) is 11.8 Å². The number of para-hydroxylation sites is 1. The zero-order valence-electron chi connectivity index (χ0n) is 17.5. The fraction of sp³-hybridized carbons (Fsp3) is 0.167. The summed E-state index contributed by atoms with van der Waals surface area (Å²) in [5.74, 6) is 0.108. The first kappa shape index (κ1) is 20.3. The van der Waals surface area contributed by atoms with Crippen molar-refractivity contribution in [2.75, 3.05) is 11.9 Å². The van der Waals surface area contributed by atoms with Gasteiger partial charge in [0.1, 0.15) is 6.33 Å². The molecule has 3 heterocycles. The first-order valence-corrected chi connectivity index (χ1v) is 10.0. The van der Waals surface area contributed by atoms with Gasteiger partial charge in [-0.2, -0.15) is 0 Å². The molecule has 0 bridgehead atoms. The second kappa shape index (κ2) is 9.21. The summed E-state index contributed by atoms with van der Waals surface area (Å²) in [6, 6.07) is 10.2. The third kappa shape index (κ3) is 4.45. The third-order valence-electron chi connectivity index (χ3n) is 5.28. The molecule has 4 rings (SSSR count). The fourth-order valence-corrected chi connectivity index (χ4v) is 3.73. The van der Waals surface area contributed by atoms with E-state index in [1.54, 1.807) is 12.4 Å². The number of nitrogens with zero attached hydrogens (tertiary/aromatic N) is 4. The van der Waals surface area contributed by atoms with Crippen LogP contribution in [0.4, 0.5) is 5.69 Å². The minimum absolute atomic E-state index is 0.108. The van der Waals surface area contributed by atoms with Gasteiger partial charge in [0.2, 0.25) is 5.88 Å². The molecular formula is C24H23N6O. The van der Waals surface area contributed by atoms with Crippen LogP contribution in [0.5, 0.6) is 0 Å². The number of H-pyrrole nitrogens is 1. The Morgan fingerprint density at radius 1 is 1.16 bits per heavy atom. The molecule has 0 saturated heterocycles. The van der Waals surface area contributed by atoms with E-state index in [4.69, 9.17) is 4.74 Å². The van der Waals surface area contributed by atoms with E-state index >= 15 is 0 Å². The van der Waals surface area contributed by atoms with Gasteiger partial charge in [0, 0.05) is 41.6 Å². The van der Waals surface area contributed by atoms with Gasteiger partial charge in [0.25, 0.3) is 0 Å². The summed E-state index contributed by atoms with van der Waals surface area (Å²) in [6.07, 6.45) is 11.1. The average molecular weight is 411 g/mol. The van der Waals surface area contributed by atoms with Crippen LogP contribution in [-0.2, 0) is 11.2 Å². The van der Waals surface area contributed by atoms with Gasteiger partial charge in [0.15, 0.2) is 0 Å². The summed E-state index contributed by atoms with van der Waals surface area (Å²) < 4.78 is 5.38. The standard InChI is InChI=1S/C24H23N6O/c1-16-21(8-10-28-20-6-4-3-5-7-20)17(2)29-22(16)12-18-9-11-31-24(30-25)23(18)19-13-26-15-27-14-19/h3-7,9,11-15,28-29H,8,10H2,1-2H3. The first-order chi connectivity index (χ1) is 15.2. The first-order valence-electron chi connectivity index (χ1n) is 10.0. The molecule has 31 heavy (non-hydrogen) atoms. The van der Waals surface area contributed by atoms with E-state index in [0.717, 1.165) is 35.6 Å². The van der Waals surface area contributed by atoms with Gasteiger partial charge in [-0.15, -0.1) is 0 Å². The maximum Gasteiger partial charge on any atom is 0.248 e. The van der Waals surface area contributed by atoms with Crippen molar-refractivity contribution in [3.63, 3.8) is 0 Å². The number of rotatable bonds is 7. The number of anilines is 1. The predicted molar refractivity (Wildman–Crippen MR) is 121 cm³/mol. The van der Waals surface area contributed by atoms with E-state index in [0.29, 0.717) is 11.1 Å². The maximum atomic E-state index is 9.43. The number of ether oxygens (including phenoxy) is 1. The number of hydrogen-bond acceptors (Lipinski definition) is 5. The van der Waals surface area contributed by atoms with Gasteiger partial charge in [-0.3, -0.25) is 0 Å². The van der Waals surface area contributed by atoms with Crippen molar-refractivity contribution in [2.45, 2.75) is 20.3 Å². The highest BCUT2D eigenvalue weighted by molar-refractivity contribution is 5.88. The van der Waals surface area contributed by atoms with Crippen molar-refractivity contribution in [1.82, 2.24) is 20.5 Å². The topological polar surface area (TPSA) is 97.5 Å². The number of nitrogens with one attached hydrogen (secondary N) is 2. The van der Waals surface area contributed by atoms with Gasteiger partial charge < -0.3 is 15.0 Å².